The van der Waals surface area contributed by atoms with Gasteiger partial charge in [-0.25, -0.2) is 13.1 Å². The Bertz CT molecular complexity index is 716. The molecule has 6 heteroatoms. The number of anilines is 1. The van der Waals surface area contributed by atoms with Crippen molar-refractivity contribution >= 4 is 15.8 Å². The molecule has 0 saturated heterocycles. The van der Waals surface area contributed by atoms with E-state index in [9.17, 15) is 8.42 Å². The molecular weight excluding hydrogens is 286 g/mol. The molecule has 0 unspecified atom stereocenters. The molecule has 0 atom stereocenters. The summed E-state index contributed by atoms with van der Waals surface area (Å²) in [6.45, 7) is 8.51. The summed E-state index contributed by atoms with van der Waals surface area (Å²) in [5.41, 5.74) is 1.90. The molecule has 1 heterocycles. The van der Waals surface area contributed by atoms with E-state index >= 15 is 0 Å². The van der Waals surface area contributed by atoms with E-state index in [4.69, 9.17) is 0 Å². The van der Waals surface area contributed by atoms with Gasteiger partial charge in [-0.05, 0) is 37.5 Å². The van der Waals surface area contributed by atoms with Gasteiger partial charge in [0.05, 0.1) is 10.6 Å². The lowest BCUT2D eigenvalue weighted by Crippen LogP contribution is -2.16. The smallest absolute Gasteiger partial charge is 0.263 e. The third-order valence-corrected chi connectivity index (χ3v) is 4.67. The lowest BCUT2D eigenvalue weighted by Gasteiger charge is -2.10. The first-order chi connectivity index (χ1) is 9.83. The van der Waals surface area contributed by atoms with Crippen molar-refractivity contribution in [2.45, 2.75) is 45.1 Å². The third-order valence-electron chi connectivity index (χ3n) is 3.30. The number of nitrogens with one attached hydrogen (secondary N) is 1. The number of nitrogens with zero attached hydrogens (tertiary/aromatic N) is 2. The Morgan fingerprint density at radius 1 is 1.24 bits per heavy atom. The summed E-state index contributed by atoms with van der Waals surface area (Å²) in [6, 6.07) is 8.70. The topological polar surface area (TPSA) is 64.0 Å². The van der Waals surface area contributed by atoms with Crippen LogP contribution in [0.3, 0.4) is 0 Å². The number of aromatic nitrogens is 2. The highest BCUT2D eigenvalue weighted by atomic mass is 32.2. The Morgan fingerprint density at radius 2 is 1.86 bits per heavy atom. The van der Waals surface area contributed by atoms with E-state index in [0.717, 1.165) is 11.3 Å². The molecular formula is C15H21N3O2S. The van der Waals surface area contributed by atoms with E-state index in [-0.39, 0.29) is 4.90 Å². The fourth-order valence-corrected chi connectivity index (χ4v) is 3.15. The number of benzene rings is 1. The molecule has 2 aromatic rings. The van der Waals surface area contributed by atoms with Crippen molar-refractivity contribution in [3.8, 4) is 0 Å². The Morgan fingerprint density at radius 3 is 2.38 bits per heavy atom. The standard InChI is InChI=1S/C15H21N3O2S/c1-5-18-15(10-12(4)16-18)17-21(19,20)14-8-6-13(7-9-14)11(2)3/h6-11,17H,5H2,1-4H3. The summed E-state index contributed by atoms with van der Waals surface area (Å²) in [5.74, 6) is 0.863. The van der Waals surface area contributed by atoms with Crippen molar-refractivity contribution in [1.82, 2.24) is 9.78 Å². The van der Waals surface area contributed by atoms with Crippen molar-refractivity contribution in [3.63, 3.8) is 0 Å². The van der Waals surface area contributed by atoms with Crippen LogP contribution < -0.4 is 4.72 Å². The Hall–Kier alpha value is -1.82. The van der Waals surface area contributed by atoms with Crippen LogP contribution in [0, 0.1) is 6.92 Å². The summed E-state index contributed by atoms with van der Waals surface area (Å²) in [5, 5.41) is 4.23. The van der Waals surface area contributed by atoms with Crippen molar-refractivity contribution in [2.24, 2.45) is 0 Å². The highest BCUT2D eigenvalue weighted by molar-refractivity contribution is 7.92. The van der Waals surface area contributed by atoms with Crippen molar-refractivity contribution in [2.75, 3.05) is 4.72 Å². The summed E-state index contributed by atoms with van der Waals surface area (Å²) in [4.78, 5) is 0.258. The Kier molecular flexibility index (Phi) is 4.37. The van der Waals surface area contributed by atoms with Crippen LogP contribution in [0.5, 0.6) is 0 Å². The number of aryl methyl sites for hydroxylation is 2. The highest BCUT2D eigenvalue weighted by Gasteiger charge is 2.17. The van der Waals surface area contributed by atoms with Crippen LogP contribution in [0.4, 0.5) is 5.82 Å². The van der Waals surface area contributed by atoms with Gasteiger partial charge in [-0.2, -0.15) is 5.10 Å². The van der Waals surface area contributed by atoms with Crippen LogP contribution in [0.25, 0.3) is 0 Å². The number of rotatable bonds is 5. The quantitative estimate of drug-likeness (QED) is 0.923. The second-order valence-corrected chi connectivity index (χ2v) is 7.00. The van der Waals surface area contributed by atoms with Gasteiger partial charge in [0.15, 0.2) is 0 Å². The third kappa shape index (κ3) is 3.44. The molecule has 0 saturated carbocycles. The monoisotopic (exact) mass is 307 g/mol. The first-order valence-electron chi connectivity index (χ1n) is 7.00. The Balaban J connectivity index is 2.29. The van der Waals surface area contributed by atoms with Gasteiger partial charge in [-0.3, -0.25) is 4.72 Å². The van der Waals surface area contributed by atoms with Gasteiger partial charge in [0.25, 0.3) is 10.0 Å². The van der Waals surface area contributed by atoms with Crippen molar-refractivity contribution in [3.05, 3.63) is 41.6 Å². The predicted octanol–water partition coefficient (Wildman–Crippen LogP) is 3.14. The summed E-state index contributed by atoms with van der Waals surface area (Å²) in [7, 11) is -3.59. The van der Waals surface area contributed by atoms with Crippen molar-refractivity contribution < 1.29 is 8.42 Å². The van der Waals surface area contributed by atoms with Crippen LogP contribution in [0.1, 0.15) is 37.9 Å². The van der Waals surface area contributed by atoms with Crippen molar-refractivity contribution in [1.29, 1.82) is 0 Å². The minimum Gasteiger partial charge on any atom is -0.264 e. The largest absolute Gasteiger partial charge is 0.264 e. The predicted molar refractivity (Wildman–Crippen MR) is 84.0 cm³/mol. The van der Waals surface area contributed by atoms with Crippen LogP contribution in [-0.4, -0.2) is 18.2 Å². The molecule has 1 aromatic heterocycles. The van der Waals surface area contributed by atoms with Gasteiger partial charge in [-0.15, -0.1) is 0 Å². The van der Waals surface area contributed by atoms with E-state index in [0.29, 0.717) is 18.3 Å². The molecule has 2 rings (SSSR count). The molecule has 1 aromatic carbocycles. The molecule has 0 aliphatic carbocycles. The zero-order valence-electron chi connectivity index (χ0n) is 12.8. The molecule has 0 spiro atoms. The van der Waals surface area contributed by atoms with Crippen LogP contribution in [0.15, 0.2) is 35.2 Å². The molecule has 0 aliphatic heterocycles. The molecule has 0 amide bonds. The molecule has 21 heavy (non-hydrogen) atoms. The zero-order valence-corrected chi connectivity index (χ0v) is 13.6. The van der Waals surface area contributed by atoms with E-state index in [1.165, 1.54) is 0 Å². The van der Waals surface area contributed by atoms with Gasteiger partial charge in [0.2, 0.25) is 0 Å². The van der Waals surface area contributed by atoms with Gasteiger partial charge in [0, 0.05) is 12.6 Å². The van der Waals surface area contributed by atoms with Crippen LogP contribution in [0.2, 0.25) is 0 Å². The molecule has 0 radical (unpaired) electrons. The molecule has 114 valence electrons. The normalized spacial score (nSPS) is 11.9. The fourth-order valence-electron chi connectivity index (χ4n) is 2.10. The molecule has 5 nitrogen and oxygen atoms in total. The summed E-state index contributed by atoms with van der Waals surface area (Å²) >= 11 is 0. The van der Waals surface area contributed by atoms with Gasteiger partial charge in [0.1, 0.15) is 5.82 Å². The fraction of sp³-hybridized carbons (Fsp3) is 0.400. The average Bonchev–Trinajstić information content (AvgIpc) is 2.78. The Labute approximate surface area is 126 Å². The SMILES string of the molecule is CCn1nc(C)cc1NS(=O)(=O)c1ccc(C(C)C)cc1. The zero-order chi connectivity index (χ0) is 15.6. The minimum absolute atomic E-state index is 0.258. The van der Waals surface area contributed by atoms with E-state index in [1.807, 2.05) is 26.0 Å². The maximum absolute atomic E-state index is 12.4. The lowest BCUT2D eigenvalue weighted by atomic mass is 10.0. The van der Waals surface area contributed by atoms with Gasteiger partial charge < -0.3 is 0 Å². The highest BCUT2D eigenvalue weighted by Crippen LogP contribution is 2.20. The minimum atomic E-state index is -3.59. The van der Waals surface area contributed by atoms with E-state index in [2.05, 4.69) is 23.7 Å². The number of hydrogen-bond donors (Lipinski definition) is 1. The first kappa shape index (κ1) is 15.6. The lowest BCUT2D eigenvalue weighted by molar-refractivity contribution is 0.598. The summed E-state index contributed by atoms with van der Waals surface area (Å²) < 4.78 is 29.0. The van der Waals surface area contributed by atoms with E-state index in [1.54, 1.807) is 22.9 Å². The maximum atomic E-state index is 12.4. The van der Waals surface area contributed by atoms with Crippen LogP contribution >= 0.6 is 0 Å². The number of hydrogen-bond acceptors (Lipinski definition) is 3. The number of sulfonamides is 1. The molecule has 0 bridgehead atoms. The van der Waals surface area contributed by atoms with Gasteiger partial charge in [-0.1, -0.05) is 26.0 Å². The van der Waals surface area contributed by atoms with Gasteiger partial charge >= 0.3 is 0 Å². The molecule has 1 N–H and O–H groups in total. The maximum Gasteiger partial charge on any atom is 0.263 e. The van der Waals surface area contributed by atoms with Crippen LogP contribution in [-0.2, 0) is 16.6 Å². The first-order valence-corrected chi connectivity index (χ1v) is 8.49. The molecule has 0 fully saturated rings. The molecule has 0 aliphatic rings. The second-order valence-electron chi connectivity index (χ2n) is 5.32. The average molecular weight is 307 g/mol. The second kappa shape index (κ2) is 5.89. The summed E-state index contributed by atoms with van der Waals surface area (Å²) in [6.07, 6.45) is 0. The van der Waals surface area contributed by atoms with E-state index < -0.39 is 10.0 Å².